The van der Waals surface area contributed by atoms with E-state index in [1.54, 1.807) is 6.08 Å². The molecule has 0 radical (unpaired) electrons. The average molecular weight is 505 g/mol. The SMILES string of the molecule is CC1=CC(=O)CC(C)(C)C1CCC(C)OC1OC(COC2OC(CO)C(O)C2O)C(O)C(O)C1O. The Balaban J connectivity index is 1.55. The Labute approximate surface area is 205 Å². The van der Waals surface area contributed by atoms with Gasteiger partial charge in [-0.2, -0.15) is 0 Å². The van der Waals surface area contributed by atoms with Gasteiger partial charge in [-0.3, -0.25) is 4.79 Å². The van der Waals surface area contributed by atoms with Gasteiger partial charge in [-0.1, -0.05) is 19.4 Å². The molecule has 0 aromatic rings. The van der Waals surface area contributed by atoms with Crippen LogP contribution >= 0.6 is 0 Å². The second-order valence-electron chi connectivity index (χ2n) is 10.7. The second-order valence-corrected chi connectivity index (χ2v) is 10.7. The molecule has 11 atom stereocenters. The van der Waals surface area contributed by atoms with E-state index < -0.39 is 61.9 Å². The molecule has 3 rings (SSSR count). The number of ketones is 1. The fourth-order valence-corrected chi connectivity index (χ4v) is 5.27. The van der Waals surface area contributed by atoms with E-state index in [1.807, 2.05) is 13.8 Å². The highest BCUT2D eigenvalue weighted by Crippen LogP contribution is 2.42. The Hall–Kier alpha value is -0.990. The van der Waals surface area contributed by atoms with E-state index in [-0.39, 0.29) is 29.8 Å². The third kappa shape index (κ3) is 6.48. The number of allylic oxidation sites excluding steroid dienone is 2. The molecule has 6 N–H and O–H groups in total. The predicted octanol–water partition coefficient (Wildman–Crippen LogP) is -1.00. The van der Waals surface area contributed by atoms with Crippen LogP contribution in [0.2, 0.25) is 0 Å². The molecule has 3 aliphatic rings. The number of hydrogen-bond acceptors (Lipinski definition) is 11. The molecule has 0 bridgehead atoms. The Morgan fingerprint density at radius 1 is 1.00 bits per heavy atom. The maximum Gasteiger partial charge on any atom is 0.186 e. The van der Waals surface area contributed by atoms with Crippen molar-refractivity contribution in [1.29, 1.82) is 0 Å². The van der Waals surface area contributed by atoms with Crippen LogP contribution < -0.4 is 0 Å². The average Bonchev–Trinajstić information content (AvgIpc) is 3.05. The molecule has 0 spiro atoms. The lowest BCUT2D eigenvalue weighted by Crippen LogP contribution is -2.60. The molecule has 0 aromatic carbocycles. The van der Waals surface area contributed by atoms with Crippen molar-refractivity contribution in [2.24, 2.45) is 11.3 Å². The van der Waals surface area contributed by atoms with Gasteiger partial charge >= 0.3 is 0 Å². The number of aliphatic hydroxyl groups excluding tert-OH is 6. The maximum absolute atomic E-state index is 11.9. The quantitative estimate of drug-likeness (QED) is 0.227. The number of rotatable bonds is 9. The van der Waals surface area contributed by atoms with E-state index in [9.17, 15) is 35.4 Å². The first-order chi connectivity index (χ1) is 16.4. The van der Waals surface area contributed by atoms with Crippen molar-refractivity contribution in [3.05, 3.63) is 11.6 Å². The minimum absolute atomic E-state index is 0.129. The summed E-state index contributed by atoms with van der Waals surface area (Å²) in [7, 11) is 0. The van der Waals surface area contributed by atoms with Crippen LogP contribution in [0, 0.1) is 11.3 Å². The second kappa shape index (κ2) is 11.6. The number of hydrogen-bond donors (Lipinski definition) is 6. The highest BCUT2D eigenvalue weighted by atomic mass is 16.7. The Bertz CT molecular complexity index is 756. The van der Waals surface area contributed by atoms with Gasteiger partial charge in [-0.15, -0.1) is 0 Å². The van der Waals surface area contributed by atoms with Gasteiger partial charge in [0, 0.05) is 6.42 Å². The number of ether oxygens (including phenoxy) is 4. The van der Waals surface area contributed by atoms with Crippen LogP contribution in [0.25, 0.3) is 0 Å². The minimum atomic E-state index is -1.56. The van der Waals surface area contributed by atoms with E-state index in [0.717, 1.165) is 12.0 Å². The summed E-state index contributed by atoms with van der Waals surface area (Å²) >= 11 is 0. The van der Waals surface area contributed by atoms with Crippen molar-refractivity contribution in [2.75, 3.05) is 13.2 Å². The van der Waals surface area contributed by atoms with Gasteiger partial charge in [0.05, 0.1) is 19.3 Å². The molecule has 0 amide bonds. The number of carbonyl (C=O) groups is 1. The highest BCUT2D eigenvalue weighted by Gasteiger charge is 2.47. The molecule has 11 heteroatoms. The van der Waals surface area contributed by atoms with Gasteiger partial charge in [-0.25, -0.2) is 0 Å². The first-order valence-electron chi connectivity index (χ1n) is 12.2. The first kappa shape index (κ1) is 28.6. The zero-order chi connectivity index (χ0) is 26.1. The summed E-state index contributed by atoms with van der Waals surface area (Å²) in [6.07, 6.45) is -8.73. The Morgan fingerprint density at radius 3 is 2.20 bits per heavy atom. The fraction of sp³-hybridized carbons (Fsp3) is 0.875. The molecule has 1 aliphatic carbocycles. The predicted molar refractivity (Wildman–Crippen MR) is 121 cm³/mol. The standard InChI is InChI=1S/C24H40O11/c1-11-7-13(26)8-24(3,4)14(11)6-5-12(2)33-23-21(31)19(29)18(28)16(35-23)10-32-22-20(30)17(27)15(9-25)34-22/h7,12,14-23,25,27-31H,5-6,8-10H2,1-4H3. The number of aliphatic hydroxyl groups is 6. The summed E-state index contributed by atoms with van der Waals surface area (Å²) in [6, 6.07) is 0. The van der Waals surface area contributed by atoms with Gasteiger partial charge in [0.2, 0.25) is 0 Å². The first-order valence-corrected chi connectivity index (χ1v) is 12.2. The third-order valence-corrected chi connectivity index (χ3v) is 7.33. The van der Waals surface area contributed by atoms with Crippen LogP contribution in [0.5, 0.6) is 0 Å². The van der Waals surface area contributed by atoms with Crippen LogP contribution in [0.4, 0.5) is 0 Å². The molecule has 11 unspecified atom stereocenters. The summed E-state index contributed by atoms with van der Waals surface area (Å²) in [5.41, 5.74) is 0.863. The summed E-state index contributed by atoms with van der Waals surface area (Å²) in [5, 5.41) is 60.1. The van der Waals surface area contributed by atoms with Gasteiger partial charge in [0.1, 0.15) is 42.7 Å². The van der Waals surface area contributed by atoms with Crippen molar-refractivity contribution in [3.8, 4) is 0 Å². The van der Waals surface area contributed by atoms with Gasteiger partial charge in [-0.05, 0) is 44.1 Å². The topological polar surface area (TPSA) is 175 Å². The molecule has 2 heterocycles. The lowest BCUT2D eigenvalue weighted by Gasteiger charge is -2.42. The molecule has 2 fully saturated rings. The molecule has 0 aromatic heterocycles. The van der Waals surface area contributed by atoms with Crippen LogP contribution in [-0.4, -0.2) is 111 Å². The van der Waals surface area contributed by atoms with Crippen molar-refractivity contribution < 1.29 is 54.4 Å². The van der Waals surface area contributed by atoms with E-state index in [1.165, 1.54) is 0 Å². The van der Waals surface area contributed by atoms with Crippen LogP contribution in [0.3, 0.4) is 0 Å². The molecule has 2 saturated heterocycles. The molecule has 2 aliphatic heterocycles. The van der Waals surface area contributed by atoms with E-state index in [4.69, 9.17) is 18.9 Å². The Kier molecular flexibility index (Phi) is 9.47. The fourth-order valence-electron chi connectivity index (χ4n) is 5.27. The largest absolute Gasteiger partial charge is 0.394 e. The minimum Gasteiger partial charge on any atom is -0.394 e. The zero-order valence-electron chi connectivity index (χ0n) is 20.7. The van der Waals surface area contributed by atoms with Crippen molar-refractivity contribution >= 4 is 5.78 Å². The van der Waals surface area contributed by atoms with Crippen molar-refractivity contribution in [2.45, 2.75) is 108 Å². The smallest absolute Gasteiger partial charge is 0.186 e. The van der Waals surface area contributed by atoms with Crippen molar-refractivity contribution in [1.82, 2.24) is 0 Å². The van der Waals surface area contributed by atoms with Crippen molar-refractivity contribution in [3.63, 3.8) is 0 Å². The molecule has 202 valence electrons. The normalized spacial score (nSPS) is 42.7. The summed E-state index contributed by atoms with van der Waals surface area (Å²) in [4.78, 5) is 11.9. The van der Waals surface area contributed by atoms with Crippen LogP contribution in [-0.2, 0) is 23.7 Å². The van der Waals surface area contributed by atoms with Crippen LogP contribution in [0.15, 0.2) is 11.6 Å². The molecular weight excluding hydrogens is 464 g/mol. The van der Waals surface area contributed by atoms with Crippen LogP contribution in [0.1, 0.15) is 47.0 Å². The summed E-state index contributed by atoms with van der Waals surface area (Å²) < 4.78 is 22.2. The van der Waals surface area contributed by atoms with E-state index in [0.29, 0.717) is 12.8 Å². The molecule has 35 heavy (non-hydrogen) atoms. The van der Waals surface area contributed by atoms with Gasteiger partial charge < -0.3 is 49.6 Å². The van der Waals surface area contributed by atoms with Gasteiger partial charge in [0.15, 0.2) is 18.4 Å². The molecule has 0 saturated carbocycles. The Morgan fingerprint density at radius 2 is 1.60 bits per heavy atom. The molecule has 11 nitrogen and oxygen atoms in total. The lowest BCUT2D eigenvalue weighted by molar-refractivity contribution is -0.318. The number of carbonyl (C=O) groups excluding carboxylic acids is 1. The summed E-state index contributed by atoms with van der Waals surface area (Å²) in [6.45, 7) is 7.07. The highest BCUT2D eigenvalue weighted by molar-refractivity contribution is 5.91. The molecular formula is C24H40O11. The summed E-state index contributed by atoms with van der Waals surface area (Å²) in [5.74, 6) is 0.331. The zero-order valence-corrected chi connectivity index (χ0v) is 20.7. The third-order valence-electron chi connectivity index (χ3n) is 7.33. The monoisotopic (exact) mass is 504 g/mol. The maximum atomic E-state index is 11.9. The lowest BCUT2D eigenvalue weighted by atomic mass is 9.66. The van der Waals surface area contributed by atoms with E-state index >= 15 is 0 Å². The van der Waals surface area contributed by atoms with E-state index in [2.05, 4.69) is 13.8 Å². The van der Waals surface area contributed by atoms with Gasteiger partial charge in [0.25, 0.3) is 0 Å².